The van der Waals surface area contributed by atoms with E-state index in [2.05, 4.69) is 13.8 Å². The highest BCUT2D eigenvalue weighted by molar-refractivity contribution is 8.00. The summed E-state index contributed by atoms with van der Waals surface area (Å²) in [5, 5.41) is 2.62. The van der Waals surface area contributed by atoms with Gasteiger partial charge in [-0.25, -0.2) is 0 Å². The van der Waals surface area contributed by atoms with Crippen molar-refractivity contribution in [3.63, 3.8) is 0 Å². The van der Waals surface area contributed by atoms with Crippen molar-refractivity contribution < 1.29 is 4.79 Å². The van der Waals surface area contributed by atoms with Gasteiger partial charge < -0.3 is 0 Å². The Kier molecular flexibility index (Phi) is 5.26. The summed E-state index contributed by atoms with van der Waals surface area (Å²) in [5.74, 6) is 1.00. The minimum absolute atomic E-state index is 0.345. The Morgan fingerprint density at radius 1 is 1.64 bits per heavy atom. The highest BCUT2D eigenvalue weighted by Crippen LogP contribution is 2.15. The summed E-state index contributed by atoms with van der Waals surface area (Å²) in [6.07, 6.45) is 1.75. The minimum Gasteiger partial charge on any atom is -0.298 e. The summed E-state index contributed by atoms with van der Waals surface area (Å²) in [5.41, 5.74) is 0. The van der Waals surface area contributed by atoms with Crippen LogP contribution in [0, 0.1) is 0 Å². The lowest BCUT2D eigenvalue weighted by Crippen LogP contribution is -2.07. The van der Waals surface area contributed by atoms with Gasteiger partial charge in [0, 0.05) is 16.5 Å². The number of thioether (sulfide) groups is 1. The van der Waals surface area contributed by atoms with Crippen LogP contribution in [-0.4, -0.2) is 16.8 Å². The predicted molar refractivity (Wildman–Crippen MR) is 65.2 cm³/mol. The first-order valence-corrected chi connectivity index (χ1v) is 6.81. The lowest BCUT2D eigenvalue weighted by atomic mass is 10.3. The van der Waals surface area contributed by atoms with Crippen molar-refractivity contribution in [1.29, 1.82) is 0 Å². The van der Waals surface area contributed by atoms with Crippen LogP contribution < -0.4 is 0 Å². The van der Waals surface area contributed by atoms with Gasteiger partial charge in [0.2, 0.25) is 0 Å². The monoisotopic (exact) mass is 228 g/mol. The summed E-state index contributed by atoms with van der Waals surface area (Å²) >= 11 is 3.42. The molecule has 14 heavy (non-hydrogen) atoms. The van der Waals surface area contributed by atoms with E-state index < -0.39 is 0 Å². The third-order valence-corrected chi connectivity index (χ3v) is 4.32. The number of Topliss-reactive ketones (excluding diaryl/α,β-unsaturated/α-hetero) is 1. The molecule has 0 aliphatic carbocycles. The van der Waals surface area contributed by atoms with Gasteiger partial charge in [-0.15, -0.1) is 11.3 Å². The average molecular weight is 228 g/mol. The molecule has 0 fully saturated rings. The summed E-state index contributed by atoms with van der Waals surface area (Å²) in [6, 6.07) is 4.02. The van der Waals surface area contributed by atoms with E-state index >= 15 is 0 Å². The molecule has 1 atom stereocenters. The van der Waals surface area contributed by atoms with E-state index in [0.717, 1.165) is 6.42 Å². The van der Waals surface area contributed by atoms with Gasteiger partial charge in [-0.05, 0) is 17.9 Å². The molecule has 0 aliphatic rings. The molecular formula is C11H16OS2. The molecule has 0 spiro atoms. The van der Waals surface area contributed by atoms with Gasteiger partial charge in [0.15, 0.2) is 0 Å². The molecule has 0 radical (unpaired) electrons. The van der Waals surface area contributed by atoms with Gasteiger partial charge in [0.05, 0.1) is 5.75 Å². The topological polar surface area (TPSA) is 17.1 Å². The predicted octanol–water partition coefficient (Wildman–Crippen LogP) is 3.39. The van der Waals surface area contributed by atoms with Crippen molar-refractivity contribution in [1.82, 2.24) is 0 Å². The standard InChI is InChI=1S/C11H16OS2/c1-3-9(2)14-8-10(12)7-11-5-4-6-13-11/h4-6,9H,3,7-8H2,1-2H3. The van der Waals surface area contributed by atoms with Gasteiger partial charge in [-0.2, -0.15) is 11.8 Å². The molecule has 78 valence electrons. The van der Waals surface area contributed by atoms with Crippen LogP contribution in [0.2, 0.25) is 0 Å². The van der Waals surface area contributed by atoms with Crippen molar-refractivity contribution in [2.24, 2.45) is 0 Å². The molecule has 0 N–H and O–H groups in total. The van der Waals surface area contributed by atoms with Gasteiger partial charge >= 0.3 is 0 Å². The summed E-state index contributed by atoms with van der Waals surface area (Å²) in [6.45, 7) is 4.32. The average Bonchev–Trinajstić information content (AvgIpc) is 2.66. The molecule has 0 saturated heterocycles. The highest BCUT2D eigenvalue weighted by Gasteiger charge is 2.07. The van der Waals surface area contributed by atoms with Crippen molar-refractivity contribution in [2.45, 2.75) is 31.9 Å². The summed E-state index contributed by atoms with van der Waals surface area (Å²) < 4.78 is 0. The maximum absolute atomic E-state index is 11.5. The fourth-order valence-corrected chi connectivity index (χ4v) is 2.55. The van der Waals surface area contributed by atoms with Crippen LogP contribution in [0.5, 0.6) is 0 Å². The van der Waals surface area contributed by atoms with E-state index in [1.54, 1.807) is 23.1 Å². The normalized spacial score (nSPS) is 12.7. The Labute approximate surface area is 93.9 Å². The number of carbonyl (C=O) groups is 1. The minimum atomic E-state index is 0.345. The zero-order chi connectivity index (χ0) is 10.4. The largest absolute Gasteiger partial charge is 0.298 e. The Morgan fingerprint density at radius 2 is 2.43 bits per heavy atom. The molecule has 0 amide bonds. The van der Waals surface area contributed by atoms with Gasteiger partial charge in [0.25, 0.3) is 0 Å². The number of rotatable bonds is 6. The fourth-order valence-electron chi connectivity index (χ4n) is 1.01. The molecule has 1 aromatic rings. The molecule has 0 bridgehead atoms. The van der Waals surface area contributed by atoms with E-state index in [0.29, 0.717) is 23.2 Å². The first-order valence-electron chi connectivity index (χ1n) is 4.88. The zero-order valence-electron chi connectivity index (χ0n) is 8.66. The number of hydrogen-bond acceptors (Lipinski definition) is 3. The van der Waals surface area contributed by atoms with E-state index in [9.17, 15) is 4.79 Å². The van der Waals surface area contributed by atoms with Gasteiger partial charge in [-0.3, -0.25) is 4.79 Å². The maximum atomic E-state index is 11.5. The third-order valence-electron chi connectivity index (χ3n) is 2.06. The second-order valence-corrected chi connectivity index (χ2v) is 5.78. The molecule has 0 aromatic carbocycles. The quantitative estimate of drug-likeness (QED) is 0.742. The molecule has 1 rings (SSSR count). The second kappa shape index (κ2) is 6.25. The Balaban J connectivity index is 2.23. The SMILES string of the molecule is CCC(C)SCC(=O)Cc1cccs1. The van der Waals surface area contributed by atoms with Crippen LogP contribution in [0.1, 0.15) is 25.1 Å². The molecule has 1 heterocycles. The first-order chi connectivity index (χ1) is 6.72. The third kappa shape index (κ3) is 4.29. The molecule has 1 unspecified atom stereocenters. The van der Waals surface area contributed by atoms with Crippen molar-refractivity contribution in [2.75, 3.05) is 5.75 Å². The van der Waals surface area contributed by atoms with E-state index in [4.69, 9.17) is 0 Å². The van der Waals surface area contributed by atoms with Crippen LogP contribution in [0.4, 0.5) is 0 Å². The summed E-state index contributed by atoms with van der Waals surface area (Å²) in [7, 11) is 0. The Hall–Kier alpha value is -0.280. The number of hydrogen-bond donors (Lipinski definition) is 0. The van der Waals surface area contributed by atoms with Crippen LogP contribution in [-0.2, 0) is 11.2 Å². The van der Waals surface area contributed by atoms with Crippen LogP contribution in [0.25, 0.3) is 0 Å². The van der Waals surface area contributed by atoms with Gasteiger partial charge in [-0.1, -0.05) is 19.9 Å². The molecule has 0 saturated carbocycles. The number of ketones is 1. The van der Waals surface area contributed by atoms with Crippen molar-refractivity contribution in [3.8, 4) is 0 Å². The molecular weight excluding hydrogens is 212 g/mol. The molecule has 1 nitrogen and oxygen atoms in total. The summed E-state index contributed by atoms with van der Waals surface area (Å²) in [4.78, 5) is 12.7. The smallest absolute Gasteiger partial charge is 0.147 e. The van der Waals surface area contributed by atoms with Gasteiger partial charge in [0.1, 0.15) is 5.78 Å². The Morgan fingerprint density at radius 3 is 3.00 bits per heavy atom. The van der Waals surface area contributed by atoms with Crippen LogP contribution in [0.15, 0.2) is 17.5 Å². The van der Waals surface area contributed by atoms with Crippen molar-refractivity contribution in [3.05, 3.63) is 22.4 Å². The van der Waals surface area contributed by atoms with E-state index in [-0.39, 0.29) is 0 Å². The Bertz CT molecular complexity index is 267. The number of thiophene rings is 1. The lowest BCUT2D eigenvalue weighted by molar-refractivity contribution is -0.115. The van der Waals surface area contributed by atoms with Crippen LogP contribution in [0.3, 0.4) is 0 Å². The highest BCUT2D eigenvalue weighted by atomic mass is 32.2. The molecule has 3 heteroatoms. The van der Waals surface area contributed by atoms with Crippen molar-refractivity contribution >= 4 is 28.9 Å². The molecule has 0 aliphatic heterocycles. The first kappa shape index (κ1) is 11.8. The van der Waals surface area contributed by atoms with Crippen LogP contribution >= 0.6 is 23.1 Å². The van der Waals surface area contributed by atoms with E-state index in [1.807, 2.05) is 17.5 Å². The molecule has 1 aromatic heterocycles. The fraction of sp³-hybridized carbons (Fsp3) is 0.545. The lowest BCUT2D eigenvalue weighted by Gasteiger charge is -2.06. The second-order valence-electron chi connectivity index (χ2n) is 3.32. The maximum Gasteiger partial charge on any atom is 0.147 e. The van der Waals surface area contributed by atoms with E-state index in [1.165, 1.54) is 4.88 Å². The zero-order valence-corrected chi connectivity index (χ0v) is 10.3. The number of carbonyl (C=O) groups excluding carboxylic acids is 1.